The van der Waals surface area contributed by atoms with Crippen LogP contribution in [0.3, 0.4) is 0 Å². The Morgan fingerprint density at radius 2 is 1.18 bits per heavy atom. The van der Waals surface area contributed by atoms with Crippen molar-refractivity contribution >= 4 is 24.8 Å². The Kier molecular flexibility index (Phi) is 11.0. The van der Waals surface area contributed by atoms with Crippen molar-refractivity contribution in [1.29, 1.82) is 0 Å². The van der Waals surface area contributed by atoms with E-state index in [1.165, 1.54) is 18.4 Å². The highest BCUT2D eigenvalue weighted by Gasteiger charge is 2.14. The van der Waals surface area contributed by atoms with Gasteiger partial charge in [-0.15, -0.1) is 24.8 Å². The number of hydrogen-bond donors (Lipinski definition) is 0. The van der Waals surface area contributed by atoms with Crippen molar-refractivity contribution in [3.63, 3.8) is 0 Å². The van der Waals surface area contributed by atoms with Crippen molar-refractivity contribution < 1.29 is 0 Å². The molecule has 0 aliphatic rings. The zero-order valence-electron chi connectivity index (χ0n) is 11.3. The summed E-state index contributed by atoms with van der Waals surface area (Å²) in [5, 5.41) is 0. The lowest BCUT2D eigenvalue weighted by atomic mass is 9.84. The molecule has 0 amide bonds. The molecule has 0 radical (unpaired) electrons. The fourth-order valence-electron chi connectivity index (χ4n) is 2.23. The Labute approximate surface area is 119 Å². The first-order chi connectivity index (χ1) is 7.09. The third-order valence-electron chi connectivity index (χ3n) is 2.78. The Morgan fingerprint density at radius 3 is 1.53 bits per heavy atom. The van der Waals surface area contributed by atoms with E-state index in [-0.39, 0.29) is 24.8 Å². The van der Waals surface area contributed by atoms with Crippen molar-refractivity contribution in [3.05, 3.63) is 35.9 Å². The van der Waals surface area contributed by atoms with Crippen LogP contribution in [-0.2, 0) is 0 Å². The van der Waals surface area contributed by atoms with E-state index in [4.69, 9.17) is 0 Å². The van der Waals surface area contributed by atoms with Gasteiger partial charge in [0.05, 0.1) is 0 Å². The van der Waals surface area contributed by atoms with Gasteiger partial charge in [-0.2, -0.15) is 0 Å². The molecular formula is C15H26Cl2. The first-order valence-electron chi connectivity index (χ1n) is 6.14. The summed E-state index contributed by atoms with van der Waals surface area (Å²) in [6.45, 7) is 9.26. The fourth-order valence-corrected chi connectivity index (χ4v) is 2.23. The van der Waals surface area contributed by atoms with Crippen LogP contribution in [0.5, 0.6) is 0 Å². The summed E-state index contributed by atoms with van der Waals surface area (Å²) in [4.78, 5) is 0. The number of halogens is 2. The van der Waals surface area contributed by atoms with Crippen LogP contribution in [0.15, 0.2) is 30.3 Å². The van der Waals surface area contributed by atoms with Gasteiger partial charge in [-0.1, -0.05) is 58.0 Å². The SMILES string of the molecule is CC(C)CC(CC(C)C)c1ccccc1.Cl.Cl. The maximum absolute atomic E-state index is 2.32. The van der Waals surface area contributed by atoms with Crippen LogP contribution < -0.4 is 0 Å². The van der Waals surface area contributed by atoms with Crippen molar-refractivity contribution in [3.8, 4) is 0 Å². The van der Waals surface area contributed by atoms with Gasteiger partial charge in [0.25, 0.3) is 0 Å². The van der Waals surface area contributed by atoms with Crippen LogP contribution in [0.1, 0.15) is 52.0 Å². The topological polar surface area (TPSA) is 0 Å². The summed E-state index contributed by atoms with van der Waals surface area (Å²) in [6.07, 6.45) is 2.62. The third-order valence-corrected chi connectivity index (χ3v) is 2.78. The molecule has 0 spiro atoms. The van der Waals surface area contributed by atoms with Gasteiger partial charge in [0.1, 0.15) is 0 Å². The molecule has 100 valence electrons. The second-order valence-corrected chi connectivity index (χ2v) is 5.37. The second kappa shape index (κ2) is 9.79. The van der Waals surface area contributed by atoms with Crippen LogP contribution in [0.25, 0.3) is 0 Å². The molecule has 0 atom stereocenters. The average Bonchev–Trinajstić information content (AvgIpc) is 2.17. The highest BCUT2D eigenvalue weighted by atomic mass is 35.5. The van der Waals surface area contributed by atoms with Crippen molar-refractivity contribution in [1.82, 2.24) is 0 Å². The Bertz CT molecular complexity index is 258. The molecule has 0 heterocycles. The zero-order chi connectivity index (χ0) is 11.3. The molecule has 0 aliphatic carbocycles. The molecule has 1 rings (SSSR count). The summed E-state index contributed by atoms with van der Waals surface area (Å²) in [5.74, 6) is 2.31. The van der Waals surface area contributed by atoms with Gasteiger partial charge in [0, 0.05) is 0 Å². The first kappa shape index (κ1) is 19.1. The van der Waals surface area contributed by atoms with Crippen LogP contribution >= 0.6 is 24.8 Å². The largest absolute Gasteiger partial charge is 0.147 e. The zero-order valence-corrected chi connectivity index (χ0v) is 13.0. The van der Waals surface area contributed by atoms with Crippen molar-refractivity contribution in [2.24, 2.45) is 11.8 Å². The minimum atomic E-state index is 0. The van der Waals surface area contributed by atoms with Crippen LogP contribution in [0, 0.1) is 11.8 Å². The Hall–Kier alpha value is -0.200. The van der Waals surface area contributed by atoms with E-state index in [1.807, 2.05) is 0 Å². The molecule has 0 saturated carbocycles. The molecule has 0 saturated heterocycles. The Morgan fingerprint density at radius 1 is 0.765 bits per heavy atom. The van der Waals surface area contributed by atoms with Gasteiger partial charge in [-0.25, -0.2) is 0 Å². The van der Waals surface area contributed by atoms with Gasteiger partial charge >= 0.3 is 0 Å². The number of hydrogen-bond acceptors (Lipinski definition) is 0. The summed E-state index contributed by atoms with van der Waals surface area (Å²) in [7, 11) is 0. The lowest BCUT2D eigenvalue weighted by Gasteiger charge is -2.21. The summed E-state index contributed by atoms with van der Waals surface area (Å²) in [6, 6.07) is 11.0. The lowest BCUT2D eigenvalue weighted by molar-refractivity contribution is 0.424. The predicted molar refractivity (Wildman–Crippen MR) is 82.6 cm³/mol. The molecule has 0 N–H and O–H groups in total. The van der Waals surface area contributed by atoms with Gasteiger partial charge in [0.15, 0.2) is 0 Å². The molecule has 17 heavy (non-hydrogen) atoms. The van der Waals surface area contributed by atoms with Crippen LogP contribution in [0.4, 0.5) is 0 Å². The van der Waals surface area contributed by atoms with E-state index in [1.54, 1.807) is 0 Å². The fraction of sp³-hybridized carbons (Fsp3) is 0.600. The van der Waals surface area contributed by atoms with Gasteiger partial charge in [-0.05, 0) is 36.2 Å². The monoisotopic (exact) mass is 276 g/mol. The molecule has 0 nitrogen and oxygen atoms in total. The number of benzene rings is 1. The highest BCUT2D eigenvalue weighted by Crippen LogP contribution is 2.29. The van der Waals surface area contributed by atoms with Crippen molar-refractivity contribution in [2.75, 3.05) is 0 Å². The maximum Gasteiger partial charge on any atom is -0.0157 e. The maximum atomic E-state index is 2.32. The lowest BCUT2D eigenvalue weighted by Crippen LogP contribution is -2.06. The van der Waals surface area contributed by atoms with E-state index >= 15 is 0 Å². The average molecular weight is 277 g/mol. The van der Waals surface area contributed by atoms with E-state index in [0.717, 1.165) is 17.8 Å². The van der Waals surface area contributed by atoms with Crippen LogP contribution in [0.2, 0.25) is 0 Å². The Balaban J connectivity index is 0. The summed E-state index contributed by atoms with van der Waals surface area (Å²) >= 11 is 0. The van der Waals surface area contributed by atoms with E-state index in [2.05, 4.69) is 58.0 Å². The van der Waals surface area contributed by atoms with E-state index in [9.17, 15) is 0 Å². The second-order valence-electron chi connectivity index (χ2n) is 5.37. The molecule has 0 unspecified atom stereocenters. The first-order valence-corrected chi connectivity index (χ1v) is 6.14. The highest BCUT2D eigenvalue weighted by molar-refractivity contribution is 5.85. The van der Waals surface area contributed by atoms with Gasteiger partial charge in [-0.3, -0.25) is 0 Å². The molecular weight excluding hydrogens is 251 g/mol. The van der Waals surface area contributed by atoms with E-state index in [0.29, 0.717) is 0 Å². The quantitative estimate of drug-likeness (QED) is 0.647. The smallest absolute Gasteiger partial charge is 0.0157 e. The summed E-state index contributed by atoms with van der Waals surface area (Å²) in [5.41, 5.74) is 1.51. The van der Waals surface area contributed by atoms with E-state index < -0.39 is 0 Å². The molecule has 1 aromatic rings. The standard InChI is InChI=1S/C15H24.2ClH/c1-12(2)10-15(11-13(3)4)14-8-6-5-7-9-14;;/h5-9,12-13,15H,10-11H2,1-4H3;2*1H. The molecule has 0 aromatic heterocycles. The predicted octanol–water partition coefficient (Wildman–Crippen LogP) is 5.71. The molecule has 1 aromatic carbocycles. The van der Waals surface area contributed by atoms with Crippen LogP contribution in [-0.4, -0.2) is 0 Å². The molecule has 0 fully saturated rings. The molecule has 2 heteroatoms. The van der Waals surface area contributed by atoms with Gasteiger partial charge < -0.3 is 0 Å². The third kappa shape index (κ3) is 7.68. The number of rotatable bonds is 5. The minimum absolute atomic E-state index is 0. The normalized spacial score (nSPS) is 10.3. The molecule has 0 bridgehead atoms. The minimum Gasteiger partial charge on any atom is -0.147 e. The van der Waals surface area contributed by atoms with Gasteiger partial charge in [0.2, 0.25) is 0 Å². The summed E-state index contributed by atoms with van der Waals surface area (Å²) < 4.78 is 0. The van der Waals surface area contributed by atoms with Crippen molar-refractivity contribution in [2.45, 2.75) is 46.5 Å². The molecule has 0 aliphatic heterocycles.